The molecular weight excluding hydrogens is 470 g/mol. The van der Waals surface area contributed by atoms with Crippen molar-refractivity contribution in [1.82, 2.24) is 4.90 Å². The molecule has 2 heterocycles. The summed E-state index contributed by atoms with van der Waals surface area (Å²) in [5.41, 5.74) is 6.19. The molecular formula is C34H35NO3. The minimum atomic E-state index is 0.172. The van der Waals surface area contributed by atoms with Crippen LogP contribution in [-0.4, -0.2) is 44.9 Å². The van der Waals surface area contributed by atoms with Crippen LogP contribution in [0, 0.1) is 0 Å². The molecule has 0 radical (unpaired) electrons. The number of hydrogen-bond acceptors (Lipinski definition) is 4. The normalized spacial score (nSPS) is 19.0. The first kappa shape index (κ1) is 24.6. The van der Waals surface area contributed by atoms with Crippen molar-refractivity contribution in [2.75, 3.05) is 40.0 Å². The Bertz CT molecular complexity index is 1330. The van der Waals surface area contributed by atoms with Crippen molar-refractivity contribution in [2.45, 2.75) is 24.7 Å². The average Bonchev–Trinajstić information content (AvgIpc) is 3.51. The van der Waals surface area contributed by atoms with Gasteiger partial charge in [0.2, 0.25) is 0 Å². The number of methoxy groups -OCH3 is 1. The zero-order valence-corrected chi connectivity index (χ0v) is 22.0. The standard InChI is InChI=1S/C34H35NO3/c1-36-30-17-18-31-33(23-30)38-24-32(27-11-9-26(10-12-27)25-7-3-2-4-8-25)34(31)28-13-15-29(16-14-28)37-22-21-35-19-5-6-20-35/h2-4,7-18,23,32,34H,5-6,19-22,24H2,1H3. The largest absolute Gasteiger partial charge is 0.497 e. The molecule has 194 valence electrons. The second-order valence-electron chi connectivity index (χ2n) is 10.3. The fourth-order valence-corrected chi connectivity index (χ4v) is 5.84. The summed E-state index contributed by atoms with van der Waals surface area (Å²) >= 11 is 0. The summed E-state index contributed by atoms with van der Waals surface area (Å²) in [4.78, 5) is 2.48. The third-order valence-corrected chi connectivity index (χ3v) is 7.94. The molecule has 4 aromatic rings. The lowest BCUT2D eigenvalue weighted by Gasteiger charge is -2.35. The molecule has 6 rings (SSSR count). The molecule has 0 aromatic heterocycles. The highest BCUT2D eigenvalue weighted by Gasteiger charge is 2.33. The van der Waals surface area contributed by atoms with E-state index in [0.29, 0.717) is 6.61 Å². The van der Waals surface area contributed by atoms with Crippen molar-refractivity contribution in [3.05, 3.63) is 114 Å². The number of likely N-dealkylation sites (tertiary alicyclic amines) is 1. The van der Waals surface area contributed by atoms with Gasteiger partial charge in [-0.3, -0.25) is 4.90 Å². The fraction of sp³-hybridized carbons (Fsp3) is 0.294. The van der Waals surface area contributed by atoms with Crippen molar-refractivity contribution in [1.29, 1.82) is 0 Å². The van der Waals surface area contributed by atoms with Crippen LogP contribution in [0.5, 0.6) is 17.2 Å². The van der Waals surface area contributed by atoms with Crippen LogP contribution in [0.4, 0.5) is 0 Å². The van der Waals surface area contributed by atoms with E-state index in [2.05, 4.69) is 89.8 Å². The van der Waals surface area contributed by atoms with Gasteiger partial charge in [-0.05, 0) is 66.4 Å². The van der Waals surface area contributed by atoms with E-state index in [1.165, 1.54) is 53.7 Å². The fourth-order valence-electron chi connectivity index (χ4n) is 5.84. The van der Waals surface area contributed by atoms with E-state index in [1.807, 2.05) is 12.1 Å². The first-order valence-corrected chi connectivity index (χ1v) is 13.7. The molecule has 4 aromatic carbocycles. The molecule has 0 aliphatic carbocycles. The van der Waals surface area contributed by atoms with E-state index in [4.69, 9.17) is 14.2 Å². The molecule has 1 saturated heterocycles. The smallest absolute Gasteiger partial charge is 0.126 e. The van der Waals surface area contributed by atoms with Crippen molar-refractivity contribution < 1.29 is 14.2 Å². The third kappa shape index (κ3) is 5.27. The molecule has 0 amide bonds. The Morgan fingerprint density at radius 3 is 2.18 bits per heavy atom. The summed E-state index contributed by atoms with van der Waals surface area (Å²) in [6, 6.07) is 34.4. The van der Waals surface area contributed by atoms with Crippen molar-refractivity contribution >= 4 is 0 Å². The predicted octanol–water partition coefficient (Wildman–Crippen LogP) is 7.14. The Hall–Kier alpha value is -3.76. The molecule has 2 atom stereocenters. The van der Waals surface area contributed by atoms with Gasteiger partial charge >= 0.3 is 0 Å². The van der Waals surface area contributed by atoms with Crippen LogP contribution in [0.1, 0.15) is 41.4 Å². The lowest BCUT2D eigenvalue weighted by Crippen LogP contribution is -2.25. The molecule has 0 bridgehead atoms. The lowest BCUT2D eigenvalue weighted by atomic mass is 9.75. The highest BCUT2D eigenvalue weighted by atomic mass is 16.5. The minimum Gasteiger partial charge on any atom is -0.497 e. The van der Waals surface area contributed by atoms with Crippen molar-refractivity contribution in [3.63, 3.8) is 0 Å². The molecule has 38 heavy (non-hydrogen) atoms. The van der Waals surface area contributed by atoms with Crippen LogP contribution in [0.3, 0.4) is 0 Å². The zero-order valence-electron chi connectivity index (χ0n) is 22.0. The van der Waals surface area contributed by atoms with E-state index in [0.717, 1.165) is 30.4 Å². The molecule has 2 unspecified atom stereocenters. The van der Waals surface area contributed by atoms with E-state index < -0.39 is 0 Å². The van der Waals surface area contributed by atoms with E-state index >= 15 is 0 Å². The Morgan fingerprint density at radius 2 is 1.45 bits per heavy atom. The highest BCUT2D eigenvalue weighted by molar-refractivity contribution is 5.64. The molecule has 0 N–H and O–H groups in total. The first-order chi connectivity index (χ1) is 18.8. The van der Waals surface area contributed by atoms with Gasteiger partial charge in [-0.25, -0.2) is 0 Å². The van der Waals surface area contributed by atoms with Gasteiger partial charge in [-0.1, -0.05) is 72.8 Å². The van der Waals surface area contributed by atoms with Crippen LogP contribution >= 0.6 is 0 Å². The number of hydrogen-bond donors (Lipinski definition) is 0. The third-order valence-electron chi connectivity index (χ3n) is 7.94. The van der Waals surface area contributed by atoms with Gasteiger partial charge in [0.1, 0.15) is 23.9 Å². The summed E-state index contributed by atoms with van der Waals surface area (Å²) in [5.74, 6) is 3.01. The van der Waals surface area contributed by atoms with Crippen LogP contribution in [0.2, 0.25) is 0 Å². The molecule has 2 aliphatic heterocycles. The number of nitrogens with zero attached hydrogens (tertiary/aromatic N) is 1. The molecule has 0 spiro atoms. The second kappa shape index (κ2) is 11.3. The SMILES string of the molecule is COc1ccc2c(c1)OCC(c1ccc(-c3ccccc3)cc1)C2c1ccc(OCCN2CCCC2)cc1. The quantitative estimate of drug-likeness (QED) is 0.255. The molecule has 2 aliphatic rings. The number of ether oxygens (including phenoxy) is 3. The Morgan fingerprint density at radius 1 is 0.763 bits per heavy atom. The number of fused-ring (bicyclic) bond motifs is 1. The van der Waals surface area contributed by atoms with Crippen molar-refractivity contribution in [2.24, 2.45) is 0 Å². The lowest BCUT2D eigenvalue weighted by molar-refractivity contribution is 0.237. The Labute approximate surface area is 225 Å². The Balaban J connectivity index is 1.26. The van der Waals surface area contributed by atoms with Gasteiger partial charge in [0.15, 0.2) is 0 Å². The number of benzene rings is 4. The van der Waals surface area contributed by atoms with Gasteiger partial charge in [-0.15, -0.1) is 0 Å². The summed E-state index contributed by atoms with van der Waals surface area (Å²) in [6.07, 6.45) is 2.62. The van der Waals surface area contributed by atoms with Crippen LogP contribution in [-0.2, 0) is 0 Å². The van der Waals surface area contributed by atoms with Gasteiger partial charge in [0.05, 0.1) is 13.7 Å². The molecule has 0 saturated carbocycles. The highest BCUT2D eigenvalue weighted by Crippen LogP contribution is 2.47. The molecule has 4 heteroatoms. The molecule has 1 fully saturated rings. The first-order valence-electron chi connectivity index (χ1n) is 13.7. The average molecular weight is 506 g/mol. The van der Waals surface area contributed by atoms with Crippen molar-refractivity contribution in [3.8, 4) is 28.4 Å². The summed E-state index contributed by atoms with van der Waals surface area (Å²) in [7, 11) is 1.70. The maximum atomic E-state index is 6.32. The van der Waals surface area contributed by atoms with E-state index in [1.54, 1.807) is 7.11 Å². The maximum Gasteiger partial charge on any atom is 0.126 e. The van der Waals surface area contributed by atoms with Gasteiger partial charge < -0.3 is 14.2 Å². The van der Waals surface area contributed by atoms with E-state index in [9.17, 15) is 0 Å². The van der Waals surface area contributed by atoms with Gasteiger partial charge in [0.25, 0.3) is 0 Å². The minimum absolute atomic E-state index is 0.172. The van der Waals surface area contributed by atoms with Gasteiger partial charge in [-0.2, -0.15) is 0 Å². The Kier molecular flexibility index (Phi) is 7.32. The molecule has 4 nitrogen and oxygen atoms in total. The number of rotatable bonds is 8. The topological polar surface area (TPSA) is 30.9 Å². The second-order valence-corrected chi connectivity index (χ2v) is 10.3. The van der Waals surface area contributed by atoms with Crippen LogP contribution in [0.25, 0.3) is 11.1 Å². The van der Waals surface area contributed by atoms with E-state index in [-0.39, 0.29) is 11.8 Å². The van der Waals surface area contributed by atoms with Gasteiger partial charge in [0, 0.05) is 30.0 Å². The summed E-state index contributed by atoms with van der Waals surface area (Å²) < 4.78 is 17.9. The summed E-state index contributed by atoms with van der Waals surface area (Å²) in [6.45, 7) is 4.74. The van der Waals surface area contributed by atoms with Crippen LogP contribution < -0.4 is 14.2 Å². The zero-order chi connectivity index (χ0) is 25.7. The summed E-state index contributed by atoms with van der Waals surface area (Å²) in [5, 5.41) is 0. The monoisotopic (exact) mass is 505 g/mol. The predicted molar refractivity (Wildman–Crippen MR) is 153 cm³/mol. The van der Waals surface area contributed by atoms with Crippen LogP contribution in [0.15, 0.2) is 97.1 Å². The maximum absolute atomic E-state index is 6.32.